The summed E-state index contributed by atoms with van der Waals surface area (Å²) >= 11 is 1.44. The zero-order chi connectivity index (χ0) is 22.7. The highest BCUT2D eigenvalue weighted by Gasteiger charge is 2.33. The minimum Gasteiger partial charge on any atom is -0.473 e. The average molecular weight is 467 g/mol. The highest BCUT2D eigenvalue weighted by Crippen LogP contribution is 2.39. The summed E-state index contributed by atoms with van der Waals surface area (Å²) in [4.78, 5) is 20.2. The fourth-order valence-corrected chi connectivity index (χ4v) is 5.92. The van der Waals surface area contributed by atoms with E-state index in [0.29, 0.717) is 39.4 Å². The Morgan fingerprint density at radius 3 is 2.79 bits per heavy atom. The van der Waals surface area contributed by atoms with E-state index in [4.69, 9.17) is 4.74 Å². The highest BCUT2D eigenvalue weighted by atomic mass is 32.1. The fraction of sp³-hybridized carbons (Fsp3) is 0.348. The predicted molar refractivity (Wildman–Crippen MR) is 127 cm³/mol. The molecule has 0 saturated carbocycles. The summed E-state index contributed by atoms with van der Waals surface area (Å²) in [6.45, 7) is 1.86. The third kappa shape index (κ3) is 3.50. The monoisotopic (exact) mass is 466 g/mol. The number of carbonyl (C=O) groups excluding carboxylic acids is 1. The maximum atomic E-state index is 14.5. The number of hydrogen-bond donors (Lipinski definition) is 2. The lowest BCUT2D eigenvalue weighted by Gasteiger charge is -2.34. The van der Waals surface area contributed by atoms with E-state index in [1.54, 1.807) is 37.2 Å². The van der Waals surface area contributed by atoms with Crippen molar-refractivity contribution >= 4 is 49.7 Å². The third-order valence-electron chi connectivity index (χ3n) is 6.41. The van der Waals surface area contributed by atoms with E-state index in [2.05, 4.69) is 25.6 Å². The second kappa shape index (κ2) is 7.67. The van der Waals surface area contributed by atoms with Gasteiger partial charge in [-0.25, -0.2) is 9.37 Å². The highest BCUT2D eigenvalue weighted by molar-refractivity contribution is 7.21. The van der Waals surface area contributed by atoms with E-state index in [1.165, 1.54) is 30.2 Å². The molecule has 2 aromatic carbocycles. The molecule has 2 aliphatic rings. The molecule has 2 N–H and O–H groups in total. The van der Waals surface area contributed by atoms with Gasteiger partial charge in [-0.1, -0.05) is 11.3 Å². The van der Waals surface area contributed by atoms with Crippen LogP contribution in [0.1, 0.15) is 23.2 Å². The van der Waals surface area contributed by atoms with Crippen molar-refractivity contribution in [3.63, 3.8) is 0 Å². The summed E-state index contributed by atoms with van der Waals surface area (Å²) in [6, 6.07) is 7.78. The number of nitrogens with one attached hydrogen (secondary N) is 2. The number of benzene rings is 2. The van der Waals surface area contributed by atoms with E-state index < -0.39 is 5.82 Å². The number of rotatable bonds is 4. The summed E-state index contributed by atoms with van der Waals surface area (Å²) in [7, 11) is 3.31. The first-order valence-corrected chi connectivity index (χ1v) is 11.7. The molecular weight excluding hydrogens is 443 g/mol. The van der Waals surface area contributed by atoms with Crippen LogP contribution in [0.4, 0.5) is 15.8 Å². The number of ether oxygens (including phenoxy) is 1. The molecule has 0 radical (unpaired) electrons. The van der Waals surface area contributed by atoms with Gasteiger partial charge in [0.25, 0.3) is 11.1 Å². The second-order valence-corrected chi connectivity index (χ2v) is 9.65. The number of halogens is 1. The molecule has 2 aromatic heterocycles. The molecule has 2 aliphatic heterocycles. The van der Waals surface area contributed by atoms with Gasteiger partial charge >= 0.3 is 0 Å². The Labute approximate surface area is 193 Å². The van der Waals surface area contributed by atoms with Crippen LogP contribution in [-0.2, 0) is 7.05 Å². The lowest BCUT2D eigenvalue weighted by molar-refractivity contribution is 0.102. The first-order valence-electron chi connectivity index (χ1n) is 10.9. The first-order chi connectivity index (χ1) is 16.0. The SMILES string of the molecule is COc1nc2c(C(=O)Nc3cc(F)c4nn(C)cc4c3)ccc(N3CC4CCC(C3)N4)c2s1. The number of aromatic nitrogens is 3. The number of methoxy groups -OCH3 is 1. The van der Waals surface area contributed by atoms with Crippen molar-refractivity contribution in [2.45, 2.75) is 24.9 Å². The Bertz CT molecular complexity index is 1390. The lowest BCUT2D eigenvalue weighted by Crippen LogP contribution is -2.51. The third-order valence-corrected chi connectivity index (χ3v) is 7.45. The standard InChI is InChI=1S/C23H23FN6O2S/c1-29-9-12-7-15(8-17(24)19(12)28-29)26-22(31)16-5-6-18(21-20(16)27-23(32-2)33-21)30-10-13-3-4-14(11-30)25-13/h5-9,13-14,25H,3-4,10-11H2,1-2H3,(H,26,31). The quantitative estimate of drug-likeness (QED) is 0.479. The van der Waals surface area contributed by atoms with E-state index in [0.717, 1.165) is 23.5 Å². The number of nitrogens with zero attached hydrogens (tertiary/aromatic N) is 4. The summed E-state index contributed by atoms with van der Waals surface area (Å²) in [5.74, 6) is -0.824. The van der Waals surface area contributed by atoms with Gasteiger partial charge in [0.1, 0.15) is 11.0 Å². The van der Waals surface area contributed by atoms with E-state index in [-0.39, 0.29) is 11.4 Å². The van der Waals surface area contributed by atoms with Crippen molar-refractivity contribution in [1.82, 2.24) is 20.1 Å². The molecule has 2 saturated heterocycles. The summed E-state index contributed by atoms with van der Waals surface area (Å²) in [5.41, 5.74) is 2.75. The maximum Gasteiger partial charge on any atom is 0.274 e. The molecule has 0 spiro atoms. The zero-order valence-electron chi connectivity index (χ0n) is 18.3. The first kappa shape index (κ1) is 20.4. The largest absolute Gasteiger partial charge is 0.473 e. The molecule has 4 heterocycles. The number of anilines is 2. The number of amides is 1. The molecule has 2 atom stereocenters. The van der Waals surface area contributed by atoms with Gasteiger partial charge < -0.3 is 20.3 Å². The van der Waals surface area contributed by atoms with Crippen molar-refractivity contribution in [2.24, 2.45) is 7.05 Å². The maximum absolute atomic E-state index is 14.5. The number of carbonyl (C=O) groups is 1. The van der Waals surface area contributed by atoms with Gasteiger partial charge in [0.05, 0.1) is 23.1 Å². The van der Waals surface area contributed by atoms with Crippen LogP contribution in [0.3, 0.4) is 0 Å². The van der Waals surface area contributed by atoms with Crippen LogP contribution in [0.5, 0.6) is 5.19 Å². The Balaban J connectivity index is 1.36. The lowest BCUT2D eigenvalue weighted by atomic mass is 10.1. The molecular formula is C23H23FN6O2S. The number of aryl methyl sites for hydroxylation is 1. The van der Waals surface area contributed by atoms with Crippen LogP contribution < -0.4 is 20.3 Å². The van der Waals surface area contributed by atoms with Crippen LogP contribution in [0.15, 0.2) is 30.5 Å². The second-order valence-electron chi connectivity index (χ2n) is 8.69. The molecule has 2 bridgehead atoms. The van der Waals surface area contributed by atoms with Crippen molar-refractivity contribution in [3.05, 3.63) is 41.8 Å². The molecule has 1 amide bonds. The van der Waals surface area contributed by atoms with Crippen molar-refractivity contribution in [1.29, 1.82) is 0 Å². The van der Waals surface area contributed by atoms with Crippen LogP contribution in [-0.4, -0.2) is 53.0 Å². The van der Waals surface area contributed by atoms with Gasteiger partial charge in [0.2, 0.25) is 0 Å². The Morgan fingerprint density at radius 1 is 1.24 bits per heavy atom. The topological polar surface area (TPSA) is 84.3 Å². The zero-order valence-corrected chi connectivity index (χ0v) is 19.1. The minimum atomic E-state index is -0.479. The summed E-state index contributed by atoms with van der Waals surface area (Å²) in [5, 5.41) is 11.7. The minimum absolute atomic E-state index is 0.275. The fourth-order valence-electron chi connectivity index (χ4n) is 4.97. The Kier molecular flexibility index (Phi) is 4.73. The van der Waals surface area contributed by atoms with Crippen molar-refractivity contribution in [2.75, 3.05) is 30.4 Å². The van der Waals surface area contributed by atoms with E-state index >= 15 is 0 Å². The van der Waals surface area contributed by atoms with Crippen LogP contribution >= 0.6 is 11.3 Å². The van der Waals surface area contributed by atoms with Gasteiger partial charge in [-0.2, -0.15) is 5.10 Å². The molecule has 33 heavy (non-hydrogen) atoms. The number of fused-ring (bicyclic) bond motifs is 4. The molecule has 6 rings (SSSR count). The van der Waals surface area contributed by atoms with Gasteiger partial charge in [0, 0.05) is 49.5 Å². The van der Waals surface area contributed by atoms with Gasteiger partial charge in [-0.3, -0.25) is 9.48 Å². The molecule has 10 heteroatoms. The molecule has 4 aromatic rings. The van der Waals surface area contributed by atoms with Crippen LogP contribution in [0.2, 0.25) is 0 Å². The Hall–Kier alpha value is -3.24. The molecule has 0 aliphatic carbocycles. The summed E-state index contributed by atoms with van der Waals surface area (Å²) < 4.78 is 22.4. The molecule has 170 valence electrons. The van der Waals surface area contributed by atoms with E-state index in [9.17, 15) is 9.18 Å². The molecule has 8 nitrogen and oxygen atoms in total. The average Bonchev–Trinajstić information content (AvgIpc) is 3.48. The smallest absolute Gasteiger partial charge is 0.274 e. The van der Waals surface area contributed by atoms with E-state index in [1.807, 2.05) is 6.07 Å². The molecule has 2 fully saturated rings. The summed E-state index contributed by atoms with van der Waals surface area (Å²) in [6.07, 6.45) is 4.09. The molecule has 2 unspecified atom stereocenters. The van der Waals surface area contributed by atoms with Crippen molar-refractivity contribution in [3.8, 4) is 5.19 Å². The van der Waals surface area contributed by atoms with Crippen LogP contribution in [0.25, 0.3) is 21.1 Å². The van der Waals surface area contributed by atoms with Gasteiger partial charge in [-0.15, -0.1) is 0 Å². The number of hydrogen-bond acceptors (Lipinski definition) is 7. The van der Waals surface area contributed by atoms with Crippen LogP contribution in [0, 0.1) is 5.82 Å². The van der Waals surface area contributed by atoms with Gasteiger partial charge in [0.15, 0.2) is 5.82 Å². The van der Waals surface area contributed by atoms with Crippen molar-refractivity contribution < 1.29 is 13.9 Å². The normalized spacial score (nSPS) is 20.0. The predicted octanol–water partition coefficient (Wildman–Crippen LogP) is 3.52. The van der Waals surface area contributed by atoms with Gasteiger partial charge in [-0.05, 0) is 37.1 Å². The Morgan fingerprint density at radius 2 is 2.03 bits per heavy atom. The number of piperazine rings is 1. The number of thiazole rings is 1.